The highest BCUT2D eigenvalue weighted by molar-refractivity contribution is 5.85. The van der Waals surface area contributed by atoms with Crippen LogP contribution in [0.25, 0.3) is 10.9 Å². The minimum absolute atomic E-state index is 0.0683. The second-order valence-electron chi connectivity index (χ2n) is 6.38. The molecular weight excluding hydrogens is 248 g/mol. The molecule has 0 spiro atoms. The van der Waals surface area contributed by atoms with Crippen LogP contribution in [-0.4, -0.2) is 29.4 Å². The quantitative estimate of drug-likeness (QED) is 0.909. The van der Waals surface area contributed by atoms with E-state index in [1.165, 1.54) is 29.3 Å². The molecule has 1 amide bonds. The van der Waals surface area contributed by atoms with Gasteiger partial charge >= 0.3 is 0 Å². The van der Waals surface area contributed by atoms with E-state index in [9.17, 15) is 4.79 Å². The Morgan fingerprint density at radius 1 is 1.35 bits per heavy atom. The van der Waals surface area contributed by atoms with E-state index in [4.69, 9.17) is 0 Å². The minimum Gasteiger partial charge on any atom is -0.361 e. The average molecular weight is 270 g/mol. The molecule has 0 saturated heterocycles. The van der Waals surface area contributed by atoms with Crippen molar-refractivity contribution in [1.29, 1.82) is 0 Å². The summed E-state index contributed by atoms with van der Waals surface area (Å²) in [6, 6.07) is 8.42. The maximum absolute atomic E-state index is 12.1. The van der Waals surface area contributed by atoms with E-state index in [0.29, 0.717) is 0 Å². The van der Waals surface area contributed by atoms with Crippen LogP contribution in [0.4, 0.5) is 0 Å². The predicted octanol–water partition coefficient (Wildman–Crippen LogP) is 3.31. The molecule has 1 aliphatic carbocycles. The van der Waals surface area contributed by atoms with Crippen LogP contribution in [-0.2, 0) is 10.2 Å². The summed E-state index contributed by atoms with van der Waals surface area (Å²) >= 11 is 0. The van der Waals surface area contributed by atoms with Crippen LogP contribution in [0.2, 0.25) is 0 Å². The van der Waals surface area contributed by atoms with Gasteiger partial charge in [0.05, 0.1) is 0 Å². The zero-order chi connectivity index (χ0) is 14.3. The Labute approximate surface area is 120 Å². The first-order valence-corrected chi connectivity index (χ1v) is 7.35. The number of nitrogens with zero attached hydrogens (tertiary/aromatic N) is 1. The Hall–Kier alpha value is -1.77. The summed E-state index contributed by atoms with van der Waals surface area (Å²) in [6.45, 7) is 4.75. The highest BCUT2D eigenvalue weighted by Crippen LogP contribution is 2.50. The fourth-order valence-electron chi connectivity index (χ4n) is 3.15. The van der Waals surface area contributed by atoms with Crippen LogP contribution in [0.15, 0.2) is 30.5 Å². The number of aromatic amines is 1. The molecular formula is C17H22N2O. The van der Waals surface area contributed by atoms with E-state index < -0.39 is 0 Å². The van der Waals surface area contributed by atoms with E-state index in [-0.39, 0.29) is 17.2 Å². The Morgan fingerprint density at radius 3 is 2.70 bits per heavy atom. The molecule has 20 heavy (non-hydrogen) atoms. The van der Waals surface area contributed by atoms with Crippen molar-refractivity contribution in [2.75, 3.05) is 13.6 Å². The Morgan fingerprint density at radius 2 is 2.05 bits per heavy atom. The number of para-hydroxylation sites is 1. The number of amides is 1. The molecule has 1 N–H and O–H groups in total. The van der Waals surface area contributed by atoms with Crippen molar-refractivity contribution in [3.8, 4) is 0 Å². The van der Waals surface area contributed by atoms with Crippen molar-refractivity contribution in [3.63, 3.8) is 0 Å². The molecule has 1 saturated carbocycles. The van der Waals surface area contributed by atoms with Crippen molar-refractivity contribution in [2.45, 2.75) is 32.1 Å². The number of hydrogen-bond acceptors (Lipinski definition) is 1. The third kappa shape index (κ3) is 2.11. The van der Waals surface area contributed by atoms with Gasteiger partial charge in [-0.05, 0) is 24.5 Å². The monoisotopic (exact) mass is 270 g/mol. The predicted molar refractivity (Wildman–Crippen MR) is 81.7 cm³/mol. The average Bonchev–Trinajstić information content (AvgIpc) is 3.07. The Kier molecular flexibility index (Phi) is 3.08. The van der Waals surface area contributed by atoms with Crippen molar-refractivity contribution < 1.29 is 4.79 Å². The Bertz CT molecular complexity index is 637. The molecule has 0 unspecified atom stereocenters. The van der Waals surface area contributed by atoms with Gasteiger partial charge in [0.15, 0.2) is 0 Å². The van der Waals surface area contributed by atoms with E-state index >= 15 is 0 Å². The van der Waals surface area contributed by atoms with Crippen molar-refractivity contribution in [2.24, 2.45) is 5.92 Å². The highest BCUT2D eigenvalue weighted by atomic mass is 16.2. The van der Waals surface area contributed by atoms with Gasteiger partial charge in [0.1, 0.15) is 0 Å². The third-order valence-electron chi connectivity index (χ3n) is 4.42. The number of aromatic nitrogens is 1. The van der Waals surface area contributed by atoms with Gasteiger partial charge in [-0.25, -0.2) is 0 Å². The van der Waals surface area contributed by atoms with Gasteiger partial charge in [-0.3, -0.25) is 4.79 Å². The number of rotatable bonds is 4. The third-order valence-corrected chi connectivity index (χ3v) is 4.42. The molecule has 1 aliphatic rings. The largest absolute Gasteiger partial charge is 0.361 e. The number of carbonyl (C=O) groups is 1. The number of H-pyrrole nitrogens is 1. The van der Waals surface area contributed by atoms with Gasteiger partial charge < -0.3 is 9.88 Å². The van der Waals surface area contributed by atoms with E-state index in [1.54, 1.807) is 0 Å². The number of hydrogen-bond donors (Lipinski definition) is 1. The van der Waals surface area contributed by atoms with Gasteiger partial charge in [0.25, 0.3) is 0 Å². The number of nitrogens with one attached hydrogen (secondary N) is 1. The fourth-order valence-corrected chi connectivity index (χ4v) is 3.15. The SMILES string of the molecule is CC(C)C(=O)N(C)CC1(c2c[nH]c3ccccc23)CC1. The summed E-state index contributed by atoms with van der Waals surface area (Å²) in [5.41, 5.74) is 2.72. The summed E-state index contributed by atoms with van der Waals surface area (Å²) in [6.07, 6.45) is 4.47. The van der Waals surface area contributed by atoms with Crippen LogP contribution < -0.4 is 0 Å². The lowest BCUT2D eigenvalue weighted by molar-refractivity contribution is -0.133. The highest BCUT2D eigenvalue weighted by Gasteiger charge is 2.47. The van der Waals surface area contributed by atoms with Crippen LogP contribution in [0.3, 0.4) is 0 Å². The normalized spacial score (nSPS) is 16.6. The van der Waals surface area contributed by atoms with Gasteiger partial charge in [-0.2, -0.15) is 0 Å². The minimum atomic E-state index is 0.0683. The lowest BCUT2D eigenvalue weighted by atomic mass is 9.94. The molecule has 3 rings (SSSR count). The molecule has 3 nitrogen and oxygen atoms in total. The molecule has 0 aliphatic heterocycles. The molecule has 1 aromatic heterocycles. The second kappa shape index (κ2) is 4.65. The summed E-state index contributed by atoms with van der Waals surface area (Å²) in [4.78, 5) is 17.4. The zero-order valence-electron chi connectivity index (χ0n) is 12.4. The van der Waals surface area contributed by atoms with Crippen LogP contribution in [0, 0.1) is 5.92 Å². The maximum atomic E-state index is 12.1. The molecule has 1 aromatic carbocycles. The standard InChI is InChI=1S/C17H22N2O/c1-12(2)16(20)19(3)11-17(8-9-17)14-10-18-15-7-5-4-6-13(14)15/h4-7,10,12,18H,8-9,11H2,1-3H3. The molecule has 1 heterocycles. The van der Waals surface area contributed by atoms with E-state index in [2.05, 4.69) is 35.4 Å². The molecule has 0 bridgehead atoms. The smallest absolute Gasteiger partial charge is 0.224 e. The van der Waals surface area contributed by atoms with Gasteiger partial charge in [-0.15, -0.1) is 0 Å². The maximum Gasteiger partial charge on any atom is 0.224 e. The summed E-state index contributed by atoms with van der Waals surface area (Å²) in [7, 11) is 1.93. The zero-order valence-corrected chi connectivity index (χ0v) is 12.4. The van der Waals surface area contributed by atoms with Crippen LogP contribution in [0.1, 0.15) is 32.3 Å². The van der Waals surface area contributed by atoms with Gasteiger partial charge in [0.2, 0.25) is 5.91 Å². The second-order valence-corrected chi connectivity index (χ2v) is 6.38. The molecule has 0 atom stereocenters. The first-order chi connectivity index (χ1) is 9.53. The lowest BCUT2D eigenvalue weighted by Gasteiger charge is -2.25. The van der Waals surface area contributed by atoms with Gasteiger partial charge in [-0.1, -0.05) is 32.0 Å². The number of carbonyl (C=O) groups excluding carboxylic acids is 1. The fraction of sp³-hybridized carbons (Fsp3) is 0.471. The van der Waals surface area contributed by atoms with Crippen molar-refractivity contribution in [3.05, 3.63) is 36.0 Å². The lowest BCUT2D eigenvalue weighted by Crippen LogP contribution is -2.36. The number of likely N-dealkylation sites (N-methyl/N-ethyl adjacent to an activating group) is 1. The van der Waals surface area contributed by atoms with E-state index in [0.717, 1.165) is 6.54 Å². The van der Waals surface area contributed by atoms with Crippen molar-refractivity contribution >= 4 is 16.8 Å². The number of fused-ring (bicyclic) bond motifs is 1. The summed E-state index contributed by atoms with van der Waals surface area (Å²) < 4.78 is 0. The summed E-state index contributed by atoms with van der Waals surface area (Å²) in [5.74, 6) is 0.301. The first kappa shape index (κ1) is 13.2. The van der Waals surface area contributed by atoms with Crippen LogP contribution >= 0.6 is 0 Å². The number of benzene rings is 1. The molecule has 0 radical (unpaired) electrons. The van der Waals surface area contributed by atoms with Crippen molar-refractivity contribution in [1.82, 2.24) is 9.88 Å². The molecule has 2 aromatic rings. The first-order valence-electron chi connectivity index (χ1n) is 7.35. The van der Waals surface area contributed by atoms with Gasteiger partial charge in [0, 0.05) is 42.0 Å². The topological polar surface area (TPSA) is 36.1 Å². The van der Waals surface area contributed by atoms with E-state index in [1.807, 2.05) is 25.8 Å². The molecule has 3 heteroatoms. The Balaban J connectivity index is 1.88. The molecule has 1 fully saturated rings. The van der Waals surface area contributed by atoms with Crippen LogP contribution in [0.5, 0.6) is 0 Å². The molecule has 106 valence electrons. The summed E-state index contributed by atoms with van der Waals surface area (Å²) in [5, 5.41) is 1.30.